The number of hydrogen-bond acceptors (Lipinski definition) is 3. The average Bonchev–Trinajstić information content (AvgIpc) is 2.90. The first-order valence-corrected chi connectivity index (χ1v) is 9.22. The number of likely N-dealkylation sites (tertiary alicyclic amines) is 1. The molecule has 1 aromatic heterocycles. The van der Waals surface area contributed by atoms with Crippen molar-refractivity contribution in [3.8, 4) is 0 Å². The molecule has 0 spiro atoms. The summed E-state index contributed by atoms with van der Waals surface area (Å²) in [6.07, 6.45) is 6.16. The molecule has 140 valence electrons. The van der Waals surface area contributed by atoms with Gasteiger partial charge in [0.15, 0.2) is 0 Å². The van der Waals surface area contributed by atoms with E-state index in [0.717, 1.165) is 44.3 Å². The lowest BCUT2D eigenvalue weighted by Gasteiger charge is -2.27. The summed E-state index contributed by atoms with van der Waals surface area (Å²) in [6, 6.07) is 2.33. The molecule has 2 aliphatic rings. The summed E-state index contributed by atoms with van der Waals surface area (Å²) in [7, 11) is 0. The maximum atomic E-state index is 13.1. The molecule has 2 aliphatic heterocycles. The highest BCUT2D eigenvalue weighted by molar-refractivity contribution is 5.95. The molecule has 1 amide bonds. The number of aryl methyl sites for hydroxylation is 1. The predicted molar refractivity (Wildman–Crippen MR) is 103 cm³/mol. The lowest BCUT2D eigenvalue weighted by Crippen LogP contribution is -2.43. The van der Waals surface area contributed by atoms with E-state index in [4.69, 9.17) is 0 Å². The van der Waals surface area contributed by atoms with Crippen LogP contribution in [-0.2, 0) is 6.54 Å². The van der Waals surface area contributed by atoms with Gasteiger partial charge in [-0.15, -0.1) is 12.4 Å². The molecule has 6 heteroatoms. The van der Waals surface area contributed by atoms with E-state index < -0.39 is 0 Å². The van der Waals surface area contributed by atoms with Gasteiger partial charge in [-0.25, -0.2) is 0 Å². The van der Waals surface area contributed by atoms with E-state index in [1.54, 1.807) is 4.57 Å². The first-order valence-electron chi connectivity index (χ1n) is 9.22. The Morgan fingerprint density at radius 2 is 1.92 bits per heavy atom. The fourth-order valence-corrected chi connectivity index (χ4v) is 4.15. The molecule has 3 atom stereocenters. The minimum atomic E-state index is -0.128. The minimum Gasteiger partial charge on any atom is -0.333 e. The summed E-state index contributed by atoms with van der Waals surface area (Å²) in [5.74, 6) is 0.373. The maximum Gasteiger partial charge on any atom is 0.263 e. The number of aromatic nitrogens is 1. The number of amides is 1. The minimum absolute atomic E-state index is 0. The van der Waals surface area contributed by atoms with Crippen LogP contribution in [-0.4, -0.2) is 40.5 Å². The molecule has 25 heavy (non-hydrogen) atoms. The Labute approximate surface area is 156 Å². The Morgan fingerprint density at radius 1 is 1.24 bits per heavy atom. The summed E-state index contributed by atoms with van der Waals surface area (Å²) in [6.45, 7) is 8.72. The quantitative estimate of drug-likeness (QED) is 0.893. The van der Waals surface area contributed by atoms with Gasteiger partial charge in [0.25, 0.3) is 11.5 Å². The van der Waals surface area contributed by atoms with Gasteiger partial charge in [0.1, 0.15) is 5.56 Å². The van der Waals surface area contributed by atoms with Crippen LogP contribution in [0.1, 0.15) is 55.5 Å². The van der Waals surface area contributed by atoms with Gasteiger partial charge in [-0.2, -0.15) is 0 Å². The molecule has 0 aromatic carbocycles. The average molecular weight is 368 g/mol. The SMILES string of the molecule is Cc1ccn(CC2CCCNC2)c(=O)c1C(=O)N1[C@H](C)CC[C@@H]1C.Cl. The highest BCUT2D eigenvalue weighted by atomic mass is 35.5. The van der Waals surface area contributed by atoms with Gasteiger partial charge in [0.2, 0.25) is 0 Å². The molecule has 1 N–H and O–H groups in total. The van der Waals surface area contributed by atoms with Gasteiger partial charge < -0.3 is 14.8 Å². The molecule has 0 aliphatic carbocycles. The number of rotatable bonds is 3. The van der Waals surface area contributed by atoms with Crippen molar-refractivity contribution in [2.45, 2.75) is 65.1 Å². The van der Waals surface area contributed by atoms with Crippen LogP contribution in [0.25, 0.3) is 0 Å². The second kappa shape index (κ2) is 8.37. The van der Waals surface area contributed by atoms with Crippen LogP contribution in [0.3, 0.4) is 0 Å². The summed E-state index contributed by atoms with van der Waals surface area (Å²) < 4.78 is 1.74. The standard InChI is InChI=1S/C19H29N3O2.ClH/c1-13-8-10-21(12-16-5-4-9-20-11-16)18(23)17(13)19(24)22-14(2)6-7-15(22)3;/h8,10,14-16,20H,4-7,9,11-12H2,1-3H3;1H/t14-,15+,16?;. The lowest BCUT2D eigenvalue weighted by atomic mass is 9.99. The van der Waals surface area contributed by atoms with Crippen molar-refractivity contribution in [2.24, 2.45) is 5.92 Å². The van der Waals surface area contributed by atoms with Crippen molar-refractivity contribution < 1.29 is 4.79 Å². The van der Waals surface area contributed by atoms with Crippen LogP contribution in [0.15, 0.2) is 17.1 Å². The molecule has 5 nitrogen and oxygen atoms in total. The molecule has 1 aromatic rings. The maximum absolute atomic E-state index is 13.1. The smallest absolute Gasteiger partial charge is 0.263 e. The van der Waals surface area contributed by atoms with E-state index in [9.17, 15) is 9.59 Å². The highest BCUT2D eigenvalue weighted by Gasteiger charge is 2.34. The zero-order chi connectivity index (χ0) is 17.3. The summed E-state index contributed by atoms with van der Waals surface area (Å²) in [4.78, 5) is 27.9. The number of halogens is 1. The van der Waals surface area contributed by atoms with Crippen LogP contribution in [0, 0.1) is 12.8 Å². The molecule has 0 bridgehead atoms. The molecular formula is C19H30ClN3O2. The van der Waals surface area contributed by atoms with Gasteiger partial charge in [0, 0.05) is 24.8 Å². The molecule has 1 unspecified atom stereocenters. The van der Waals surface area contributed by atoms with E-state index in [-0.39, 0.29) is 36.0 Å². The zero-order valence-corrected chi connectivity index (χ0v) is 16.3. The molecule has 3 rings (SSSR count). The Morgan fingerprint density at radius 3 is 2.52 bits per heavy atom. The fourth-order valence-electron chi connectivity index (χ4n) is 4.15. The first kappa shape index (κ1) is 20.0. The molecular weight excluding hydrogens is 338 g/mol. The van der Waals surface area contributed by atoms with E-state index >= 15 is 0 Å². The summed E-state index contributed by atoms with van der Waals surface area (Å²) in [5, 5.41) is 3.39. The molecule has 3 heterocycles. The number of carbonyl (C=O) groups excluding carboxylic acids is 1. The Hall–Kier alpha value is -1.33. The summed E-state index contributed by atoms with van der Waals surface area (Å²) >= 11 is 0. The van der Waals surface area contributed by atoms with Crippen LogP contribution in [0.4, 0.5) is 0 Å². The van der Waals surface area contributed by atoms with Gasteiger partial charge in [-0.1, -0.05) is 0 Å². The van der Waals surface area contributed by atoms with E-state index in [0.29, 0.717) is 18.0 Å². The van der Waals surface area contributed by atoms with Crippen LogP contribution in [0.5, 0.6) is 0 Å². The van der Waals surface area contributed by atoms with Crippen molar-refractivity contribution in [3.63, 3.8) is 0 Å². The third-order valence-corrected chi connectivity index (χ3v) is 5.63. The Kier molecular flexibility index (Phi) is 6.69. The van der Waals surface area contributed by atoms with Crippen molar-refractivity contribution in [1.82, 2.24) is 14.8 Å². The monoisotopic (exact) mass is 367 g/mol. The Bertz CT molecular complexity index is 657. The highest BCUT2D eigenvalue weighted by Crippen LogP contribution is 2.25. The van der Waals surface area contributed by atoms with Gasteiger partial charge in [-0.05, 0) is 77.1 Å². The van der Waals surface area contributed by atoms with E-state index in [1.807, 2.05) is 24.1 Å². The molecule has 0 saturated carbocycles. The Balaban J connectivity index is 0.00000225. The van der Waals surface area contributed by atoms with Gasteiger partial charge in [-0.3, -0.25) is 9.59 Å². The van der Waals surface area contributed by atoms with Gasteiger partial charge >= 0.3 is 0 Å². The zero-order valence-electron chi connectivity index (χ0n) is 15.5. The van der Waals surface area contributed by atoms with Crippen molar-refractivity contribution >= 4 is 18.3 Å². The lowest BCUT2D eigenvalue weighted by molar-refractivity contribution is 0.0689. The number of nitrogens with zero attached hydrogens (tertiary/aromatic N) is 2. The van der Waals surface area contributed by atoms with Crippen LogP contribution < -0.4 is 10.9 Å². The van der Waals surface area contributed by atoms with Crippen LogP contribution in [0.2, 0.25) is 0 Å². The second-order valence-electron chi connectivity index (χ2n) is 7.53. The van der Waals surface area contributed by atoms with Crippen molar-refractivity contribution in [3.05, 3.63) is 33.7 Å². The van der Waals surface area contributed by atoms with Crippen molar-refractivity contribution in [2.75, 3.05) is 13.1 Å². The second-order valence-corrected chi connectivity index (χ2v) is 7.53. The predicted octanol–water partition coefficient (Wildman–Crippen LogP) is 2.59. The number of carbonyl (C=O) groups is 1. The molecule has 0 radical (unpaired) electrons. The van der Waals surface area contributed by atoms with E-state index in [1.165, 1.54) is 0 Å². The van der Waals surface area contributed by atoms with E-state index in [2.05, 4.69) is 19.2 Å². The largest absolute Gasteiger partial charge is 0.333 e. The third kappa shape index (κ3) is 4.09. The number of piperidine rings is 1. The van der Waals surface area contributed by atoms with Gasteiger partial charge in [0.05, 0.1) is 0 Å². The van der Waals surface area contributed by atoms with Crippen molar-refractivity contribution in [1.29, 1.82) is 0 Å². The fraction of sp³-hybridized carbons (Fsp3) is 0.684. The topological polar surface area (TPSA) is 54.3 Å². The summed E-state index contributed by atoms with van der Waals surface area (Å²) in [5.41, 5.74) is 1.02. The molecule has 2 saturated heterocycles. The third-order valence-electron chi connectivity index (χ3n) is 5.63. The number of nitrogens with one attached hydrogen (secondary N) is 1. The number of pyridine rings is 1. The van der Waals surface area contributed by atoms with Crippen LogP contribution >= 0.6 is 12.4 Å². The first-order chi connectivity index (χ1) is 11.5. The number of hydrogen-bond donors (Lipinski definition) is 1. The normalized spacial score (nSPS) is 26.4. The molecule has 2 fully saturated rings.